The maximum Gasteiger partial charge on any atom is 0.287 e. The van der Waals surface area contributed by atoms with Gasteiger partial charge in [0.25, 0.3) is 5.91 Å². The summed E-state index contributed by atoms with van der Waals surface area (Å²) in [4.78, 5) is 14.7. The number of nitrogens with one attached hydrogen (secondary N) is 1. The van der Waals surface area contributed by atoms with Crippen LogP contribution in [0.5, 0.6) is 0 Å². The highest BCUT2D eigenvalue weighted by Gasteiger charge is 2.23. The minimum Gasteiger partial charge on any atom is -0.455 e. The zero-order chi connectivity index (χ0) is 17.1. The van der Waals surface area contributed by atoms with Gasteiger partial charge in [-0.3, -0.25) is 9.69 Å². The van der Waals surface area contributed by atoms with Crippen LogP contribution in [0.4, 0.5) is 0 Å². The van der Waals surface area contributed by atoms with Crippen molar-refractivity contribution >= 4 is 5.91 Å². The molecule has 1 aliphatic rings. The predicted octanol–water partition coefficient (Wildman–Crippen LogP) is 2.15. The summed E-state index contributed by atoms with van der Waals surface area (Å²) in [6.07, 6.45) is 2.05. The Hall–Kier alpha value is -2.15. The molecule has 1 atom stereocenters. The van der Waals surface area contributed by atoms with E-state index in [-0.39, 0.29) is 11.9 Å². The number of rotatable bonds is 7. The van der Waals surface area contributed by atoms with E-state index in [0.29, 0.717) is 12.3 Å². The number of aromatic nitrogens is 3. The van der Waals surface area contributed by atoms with Gasteiger partial charge >= 0.3 is 0 Å². The molecular formula is C17H25N5O2. The number of nitrogens with zero attached hydrogens (tertiary/aromatic N) is 4. The van der Waals surface area contributed by atoms with Gasteiger partial charge in [0.1, 0.15) is 11.6 Å². The monoisotopic (exact) mass is 331 g/mol. The first-order valence-corrected chi connectivity index (χ1v) is 8.66. The van der Waals surface area contributed by atoms with Crippen molar-refractivity contribution in [1.82, 2.24) is 25.0 Å². The van der Waals surface area contributed by atoms with Crippen LogP contribution < -0.4 is 5.32 Å². The van der Waals surface area contributed by atoms with Gasteiger partial charge in [0.2, 0.25) is 0 Å². The van der Waals surface area contributed by atoms with Gasteiger partial charge in [-0.25, -0.2) is 0 Å². The third-order valence-corrected chi connectivity index (χ3v) is 4.53. The SMILES string of the molecule is CCN(CC)Cc1ccc(C(=O)N[C@H](C)c2nnc3n2CCC3)o1. The van der Waals surface area contributed by atoms with Crippen LogP contribution in [-0.4, -0.2) is 38.7 Å². The van der Waals surface area contributed by atoms with Crippen LogP contribution in [-0.2, 0) is 19.5 Å². The van der Waals surface area contributed by atoms with Crippen LogP contribution in [0.2, 0.25) is 0 Å². The van der Waals surface area contributed by atoms with Gasteiger partial charge in [-0.15, -0.1) is 10.2 Å². The Bertz CT molecular complexity index is 702. The zero-order valence-electron chi connectivity index (χ0n) is 14.6. The largest absolute Gasteiger partial charge is 0.455 e. The van der Waals surface area contributed by atoms with Crippen molar-refractivity contribution in [3.05, 3.63) is 35.3 Å². The van der Waals surface area contributed by atoms with Gasteiger partial charge in [0, 0.05) is 13.0 Å². The molecule has 0 bridgehead atoms. The third-order valence-electron chi connectivity index (χ3n) is 4.53. The number of hydrogen-bond donors (Lipinski definition) is 1. The molecule has 130 valence electrons. The Balaban J connectivity index is 1.63. The molecule has 1 N–H and O–H groups in total. The quantitative estimate of drug-likeness (QED) is 0.841. The molecular weight excluding hydrogens is 306 g/mol. The highest BCUT2D eigenvalue weighted by molar-refractivity contribution is 5.91. The Morgan fingerprint density at radius 2 is 2.17 bits per heavy atom. The molecule has 0 fully saturated rings. The fraction of sp³-hybridized carbons (Fsp3) is 0.588. The van der Waals surface area contributed by atoms with E-state index in [2.05, 4.69) is 38.8 Å². The van der Waals surface area contributed by atoms with Crippen LogP contribution in [0.1, 0.15) is 61.2 Å². The van der Waals surface area contributed by atoms with E-state index in [1.165, 1.54) is 0 Å². The lowest BCUT2D eigenvalue weighted by molar-refractivity contribution is 0.0906. The summed E-state index contributed by atoms with van der Waals surface area (Å²) in [6, 6.07) is 3.40. The average Bonchev–Trinajstić information content (AvgIpc) is 3.28. The summed E-state index contributed by atoms with van der Waals surface area (Å²) < 4.78 is 7.79. The highest BCUT2D eigenvalue weighted by atomic mass is 16.4. The first-order chi connectivity index (χ1) is 11.6. The van der Waals surface area contributed by atoms with Crippen molar-refractivity contribution < 1.29 is 9.21 Å². The Kier molecular flexibility index (Phi) is 4.99. The Morgan fingerprint density at radius 1 is 1.38 bits per heavy atom. The summed E-state index contributed by atoms with van der Waals surface area (Å²) in [5, 5.41) is 11.4. The van der Waals surface area contributed by atoms with Crippen molar-refractivity contribution in [2.75, 3.05) is 13.1 Å². The highest BCUT2D eigenvalue weighted by Crippen LogP contribution is 2.19. The maximum atomic E-state index is 12.4. The van der Waals surface area contributed by atoms with E-state index in [9.17, 15) is 4.79 Å². The fourth-order valence-electron chi connectivity index (χ4n) is 3.08. The Morgan fingerprint density at radius 3 is 2.92 bits per heavy atom. The fourth-order valence-corrected chi connectivity index (χ4v) is 3.08. The molecule has 2 aromatic heterocycles. The molecule has 0 aliphatic carbocycles. The molecule has 0 aromatic carbocycles. The van der Waals surface area contributed by atoms with Crippen LogP contribution in [0.15, 0.2) is 16.5 Å². The topological polar surface area (TPSA) is 76.2 Å². The lowest BCUT2D eigenvalue weighted by Gasteiger charge is -2.16. The summed E-state index contributed by atoms with van der Waals surface area (Å²) >= 11 is 0. The van der Waals surface area contributed by atoms with Crippen molar-refractivity contribution in [3.8, 4) is 0 Å². The van der Waals surface area contributed by atoms with Gasteiger partial charge < -0.3 is 14.3 Å². The van der Waals surface area contributed by atoms with Crippen molar-refractivity contribution in [1.29, 1.82) is 0 Å². The smallest absolute Gasteiger partial charge is 0.287 e. The summed E-state index contributed by atoms with van der Waals surface area (Å²) in [7, 11) is 0. The number of furan rings is 1. The number of carbonyl (C=O) groups excluding carboxylic acids is 1. The van der Waals surface area contributed by atoms with E-state index in [1.54, 1.807) is 6.07 Å². The number of aryl methyl sites for hydroxylation is 1. The molecule has 3 rings (SSSR count). The van der Waals surface area contributed by atoms with E-state index in [4.69, 9.17) is 4.42 Å². The van der Waals surface area contributed by atoms with Gasteiger partial charge in [0.05, 0.1) is 12.6 Å². The normalized spacial score (nSPS) is 14.8. The van der Waals surface area contributed by atoms with Crippen molar-refractivity contribution in [3.63, 3.8) is 0 Å². The summed E-state index contributed by atoms with van der Waals surface area (Å²) in [5.74, 6) is 2.74. The molecule has 0 unspecified atom stereocenters. The standard InChI is InChI=1S/C17H25N5O2/c1-4-21(5-2)11-13-8-9-14(24-13)17(23)18-12(3)16-20-19-15-7-6-10-22(15)16/h8-9,12H,4-7,10-11H2,1-3H3,(H,18,23)/t12-/m1/s1. The van der Waals surface area contributed by atoms with Crippen LogP contribution in [0, 0.1) is 0 Å². The molecule has 1 amide bonds. The van der Waals surface area contributed by atoms with Crippen molar-refractivity contribution in [2.24, 2.45) is 0 Å². The third kappa shape index (κ3) is 3.36. The van der Waals surface area contributed by atoms with Gasteiger partial charge in [-0.1, -0.05) is 13.8 Å². The number of hydrogen-bond acceptors (Lipinski definition) is 5. The van der Waals surface area contributed by atoms with Gasteiger partial charge in [-0.05, 0) is 38.6 Å². The predicted molar refractivity (Wildman–Crippen MR) is 89.6 cm³/mol. The molecule has 0 radical (unpaired) electrons. The summed E-state index contributed by atoms with van der Waals surface area (Å²) in [6.45, 7) is 9.69. The lowest BCUT2D eigenvalue weighted by Crippen LogP contribution is -2.28. The molecule has 7 heteroatoms. The second kappa shape index (κ2) is 7.17. The van der Waals surface area contributed by atoms with E-state index < -0.39 is 0 Å². The number of fused-ring (bicyclic) bond motifs is 1. The maximum absolute atomic E-state index is 12.4. The van der Waals surface area contributed by atoms with Crippen LogP contribution in [0.25, 0.3) is 0 Å². The first kappa shape index (κ1) is 16.7. The van der Waals surface area contributed by atoms with Gasteiger partial charge in [-0.2, -0.15) is 0 Å². The molecule has 0 spiro atoms. The molecule has 0 saturated carbocycles. The zero-order valence-corrected chi connectivity index (χ0v) is 14.6. The molecule has 2 aromatic rings. The molecule has 0 saturated heterocycles. The van der Waals surface area contributed by atoms with Crippen LogP contribution >= 0.6 is 0 Å². The summed E-state index contributed by atoms with van der Waals surface area (Å²) in [5.41, 5.74) is 0. The van der Waals surface area contributed by atoms with Crippen LogP contribution in [0.3, 0.4) is 0 Å². The molecule has 7 nitrogen and oxygen atoms in total. The van der Waals surface area contributed by atoms with E-state index >= 15 is 0 Å². The number of carbonyl (C=O) groups is 1. The lowest BCUT2D eigenvalue weighted by atomic mass is 10.3. The van der Waals surface area contributed by atoms with Crippen molar-refractivity contribution in [2.45, 2.75) is 52.7 Å². The molecule has 3 heterocycles. The second-order valence-electron chi connectivity index (χ2n) is 6.15. The average molecular weight is 331 g/mol. The van der Waals surface area contributed by atoms with Gasteiger partial charge in [0.15, 0.2) is 11.6 Å². The minimum atomic E-state index is -0.219. The van der Waals surface area contributed by atoms with E-state index in [1.807, 2.05) is 13.0 Å². The molecule has 24 heavy (non-hydrogen) atoms. The molecule has 1 aliphatic heterocycles. The second-order valence-corrected chi connectivity index (χ2v) is 6.15. The van der Waals surface area contributed by atoms with E-state index in [0.717, 1.165) is 49.9 Å². The number of amides is 1. The minimum absolute atomic E-state index is 0.201. The Labute approximate surface area is 142 Å². The first-order valence-electron chi connectivity index (χ1n) is 8.66.